The van der Waals surface area contributed by atoms with Gasteiger partial charge in [-0.15, -0.1) is 0 Å². The van der Waals surface area contributed by atoms with Gasteiger partial charge in [-0.3, -0.25) is 4.90 Å². The van der Waals surface area contributed by atoms with Crippen LogP contribution in [0.2, 0.25) is 0 Å². The molecular formula is C17H27NO. The van der Waals surface area contributed by atoms with Crippen molar-refractivity contribution in [3.63, 3.8) is 0 Å². The zero-order chi connectivity index (χ0) is 14.0. The minimum absolute atomic E-state index is 0.122. The molecule has 1 aromatic rings. The molecule has 0 unspecified atom stereocenters. The van der Waals surface area contributed by atoms with Crippen molar-refractivity contribution in [1.29, 1.82) is 0 Å². The van der Waals surface area contributed by atoms with E-state index in [1.165, 1.54) is 42.6 Å². The molecule has 0 amide bonds. The lowest BCUT2D eigenvalue weighted by molar-refractivity contribution is 0.318. The Morgan fingerprint density at radius 3 is 2.32 bits per heavy atom. The SMILES string of the molecule is COc1c(CN2CCCC2)cc(C)cc1C(C)(C)C. The first kappa shape index (κ1) is 14.4. The lowest BCUT2D eigenvalue weighted by Crippen LogP contribution is -2.21. The third-order valence-corrected chi connectivity index (χ3v) is 3.91. The molecule has 0 radical (unpaired) electrons. The van der Waals surface area contributed by atoms with E-state index in [2.05, 4.69) is 44.7 Å². The molecule has 0 bridgehead atoms. The normalized spacial score (nSPS) is 16.9. The van der Waals surface area contributed by atoms with E-state index in [9.17, 15) is 0 Å². The lowest BCUT2D eigenvalue weighted by Gasteiger charge is -2.26. The molecule has 1 aliphatic heterocycles. The second-order valence-electron chi connectivity index (χ2n) is 6.74. The van der Waals surface area contributed by atoms with E-state index in [1.54, 1.807) is 7.11 Å². The molecule has 0 atom stereocenters. The Morgan fingerprint density at radius 2 is 1.79 bits per heavy atom. The van der Waals surface area contributed by atoms with Crippen LogP contribution in [0.1, 0.15) is 50.3 Å². The summed E-state index contributed by atoms with van der Waals surface area (Å²) in [4.78, 5) is 2.53. The molecule has 1 saturated heterocycles. The molecule has 106 valence electrons. The molecule has 1 heterocycles. The molecule has 1 aliphatic rings. The smallest absolute Gasteiger partial charge is 0.127 e. The van der Waals surface area contributed by atoms with Gasteiger partial charge in [-0.2, -0.15) is 0 Å². The van der Waals surface area contributed by atoms with Crippen LogP contribution in [0.25, 0.3) is 0 Å². The van der Waals surface area contributed by atoms with Crippen LogP contribution in [0.4, 0.5) is 0 Å². The molecule has 2 nitrogen and oxygen atoms in total. The van der Waals surface area contributed by atoms with E-state index in [-0.39, 0.29) is 5.41 Å². The summed E-state index contributed by atoms with van der Waals surface area (Å²) in [5.74, 6) is 1.09. The first-order valence-corrected chi connectivity index (χ1v) is 7.32. The van der Waals surface area contributed by atoms with Crippen molar-refractivity contribution in [2.45, 2.75) is 52.5 Å². The minimum atomic E-state index is 0.122. The Hall–Kier alpha value is -1.02. The number of aryl methyl sites for hydroxylation is 1. The average molecular weight is 261 g/mol. The van der Waals surface area contributed by atoms with E-state index in [1.807, 2.05) is 0 Å². The number of benzene rings is 1. The maximum atomic E-state index is 5.74. The number of rotatable bonds is 3. The number of ether oxygens (including phenoxy) is 1. The predicted octanol–water partition coefficient (Wildman–Crippen LogP) is 3.90. The highest BCUT2D eigenvalue weighted by atomic mass is 16.5. The maximum Gasteiger partial charge on any atom is 0.127 e. The van der Waals surface area contributed by atoms with Crippen LogP contribution in [-0.4, -0.2) is 25.1 Å². The molecule has 0 N–H and O–H groups in total. The second kappa shape index (κ2) is 5.54. The topological polar surface area (TPSA) is 12.5 Å². The van der Waals surface area contributed by atoms with E-state index in [0.717, 1.165) is 12.3 Å². The van der Waals surface area contributed by atoms with Gasteiger partial charge in [-0.1, -0.05) is 38.5 Å². The van der Waals surface area contributed by atoms with E-state index in [4.69, 9.17) is 4.74 Å². The molecular weight excluding hydrogens is 234 g/mol. The fraction of sp³-hybridized carbons (Fsp3) is 0.647. The van der Waals surface area contributed by atoms with Gasteiger partial charge in [0.2, 0.25) is 0 Å². The molecule has 1 fully saturated rings. The van der Waals surface area contributed by atoms with Crippen molar-refractivity contribution in [2.24, 2.45) is 0 Å². The van der Waals surface area contributed by atoms with Gasteiger partial charge in [-0.25, -0.2) is 0 Å². The quantitative estimate of drug-likeness (QED) is 0.818. The molecule has 2 rings (SSSR count). The van der Waals surface area contributed by atoms with Crippen LogP contribution in [0, 0.1) is 6.92 Å². The van der Waals surface area contributed by atoms with Gasteiger partial charge in [-0.05, 0) is 38.3 Å². The average Bonchev–Trinajstić information content (AvgIpc) is 2.80. The Bertz CT molecular complexity index is 439. The summed E-state index contributed by atoms with van der Waals surface area (Å²) in [7, 11) is 1.80. The number of nitrogens with zero attached hydrogens (tertiary/aromatic N) is 1. The summed E-state index contributed by atoms with van der Waals surface area (Å²) in [5.41, 5.74) is 4.12. The highest BCUT2D eigenvalue weighted by Gasteiger charge is 2.23. The molecule has 2 heteroatoms. The number of hydrogen-bond donors (Lipinski definition) is 0. The van der Waals surface area contributed by atoms with E-state index >= 15 is 0 Å². The molecule has 0 aromatic heterocycles. The van der Waals surface area contributed by atoms with Crippen LogP contribution in [0.15, 0.2) is 12.1 Å². The second-order valence-corrected chi connectivity index (χ2v) is 6.74. The van der Waals surface area contributed by atoms with Gasteiger partial charge in [0.15, 0.2) is 0 Å². The number of likely N-dealkylation sites (tertiary alicyclic amines) is 1. The fourth-order valence-electron chi connectivity index (χ4n) is 2.95. The standard InChI is InChI=1S/C17H27NO/c1-13-10-14(12-18-8-6-7-9-18)16(19-5)15(11-13)17(2,3)4/h10-11H,6-9,12H2,1-5H3. The van der Waals surface area contributed by atoms with Gasteiger partial charge in [0.1, 0.15) is 5.75 Å². The maximum absolute atomic E-state index is 5.74. The highest BCUT2D eigenvalue weighted by Crippen LogP contribution is 2.36. The van der Waals surface area contributed by atoms with E-state index in [0.29, 0.717) is 0 Å². The molecule has 19 heavy (non-hydrogen) atoms. The monoisotopic (exact) mass is 261 g/mol. The molecule has 0 aliphatic carbocycles. The van der Waals surface area contributed by atoms with Crippen LogP contribution in [0.3, 0.4) is 0 Å². The Kier molecular flexibility index (Phi) is 4.19. The Labute approximate surface area is 117 Å². The highest BCUT2D eigenvalue weighted by molar-refractivity contribution is 5.47. The Morgan fingerprint density at radius 1 is 1.16 bits per heavy atom. The Balaban J connectivity index is 2.38. The lowest BCUT2D eigenvalue weighted by atomic mass is 9.84. The van der Waals surface area contributed by atoms with Crippen LogP contribution < -0.4 is 4.74 Å². The van der Waals surface area contributed by atoms with Gasteiger partial charge < -0.3 is 4.74 Å². The number of hydrogen-bond acceptors (Lipinski definition) is 2. The van der Waals surface area contributed by atoms with Gasteiger partial charge in [0.05, 0.1) is 7.11 Å². The van der Waals surface area contributed by atoms with Crippen LogP contribution in [0.5, 0.6) is 5.75 Å². The van der Waals surface area contributed by atoms with Crippen molar-refractivity contribution in [3.05, 3.63) is 28.8 Å². The summed E-state index contributed by atoms with van der Waals surface area (Å²) in [6, 6.07) is 4.55. The fourth-order valence-corrected chi connectivity index (χ4v) is 2.95. The van der Waals surface area contributed by atoms with Crippen molar-refractivity contribution >= 4 is 0 Å². The van der Waals surface area contributed by atoms with Crippen molar-refractivity contribution < 1.29 is 4.74 Å². The number of methoxy groups -OCH3 is 1. The van der Waals surface area contributed by atoms with Crippen molar-refractivity contribution in [3.8, 4) is 5.75 Å². The van der Waals surface area contributed by atoms with Crippen LogP contribution in [-0.2, 0) is 12.0 Å². The summed E-state index contributed by atoms with van der Waals surface area (Å²) in [6.07, 6.45) is 2.67. The summed E-state index contributed by atoms with van der Waals surface area (Å²) in [5, 5.41) is 0. The zero-order valence-electron chi connectivity index (χ0n) is 13.0. The third kappa shape index (κ3) is 3.30. The molecule has 0 saturated carbocycles. The zero-order valence-corrected chi connectivity index (χ0v) is 13.0. The molecule has 1 aromatic carbocycles. The first-order chi connectivity index (χ1) is 8.91. The van der Waals surface area contributed by atoms with Gasteiger partial charge in [0, 0.05) is 17.7 Å². The third-order valence-electron chi connectivity index (χ3n) is 3.91. The summed E-state index contributed by atoms with van der Waals surface area (Å²) in [6.45, 7) is 12.4. The molecule has 0 spiro atoms. The van der Waals surface area contributed by atoms with Crippen molar-refractivity contribution in [1.82, 2.24) is 4.90 Å². The van der Waals surface area contributed by atoms with Gasteiger partial charge >= 0.3 is 0 Å². The van der Waals surface area contributed by atoms with Crippen LogP contribution >= 0.6 is 0 Å². The van der Waals surface area contributed by atoms with Crippen molar-refractivity contribution in [2.75, 3.05) is 20.2 Å². The predicted molar refractivity (Wildman–Crippen MR) is 80.9 cm³/mol. The van der Waals surface area contributed by atoms with Gasteiger partial charge in [0.25, 0.3) is 0 Å². The summed E-state index contributed by atoms with van der Waals surface area (Å²) < 4.78 is 5.74. The minimum Gasteiger partial charge on any atom is -0.496 e. The summed E-state index contributed by atoms with van der Waals surface area (Å²) >= 11 is 0. The largest absolute Gasteiger partial charge is 0.496 e. The van der Waals surface area contributed by atoms with E-state index < -0.39 is 0 Å². The first-order valence-electron chi connectivity index (χ1n) is 7.32.